The second-order valence-electron chi connectivity index (χ2n) is 6.01. The molecule has 2 aromatic heterocycles. The molecule has 9 heteroatoms. The zero-order valence-electron chi connectivity index (χ0n) is 15.2. The smallest absolute Gasteiger partial charge is 0.216 e. The van der Waals surface area contributed by atoms with E-state index in [0.717, 1.165) is 58.3 Å². The Labute approximate surface area is 153 Å². The molecule has 0 radical (unpaired) electrons. The largest absolute Gasteiger partial charge is 0.461 e. The molecule has 142 valence electrons. The minimum atomic E-state index is 0.423. The highest BCUT2D eigenvalue weighted by Crippen LogP contribution is 2.14. The highest BCUT2D eigenvalue weighted by molar-refractivity contribution is 5.79. The van der Waals surface area contributed by atoms with E-state index in [-0.39, 0.29) is 0 Å². The van der Waals surface area contributed by atoms with Gasteiger partial charge in [0.05, 0.1) is 19.5 Å². The number of aromatic amines is 1. The molecule has 0 aromatic carbocycles. The van der Waals surface area contributed by atoms with Crippen LogP contribution >= 0.6 is 0 Å². The molecule has 1 fully saturated rings. The summed E-state index contributed by atoms with van der Waals surface area (Å²) >= 11 is 0. The Bertz CT molecular complexity index is 662. The van der Waals surface area contributed by atoms with Crippen LogP contribution in [0.3, 0.4) is 0 Å². The Morgan fingerprint density at radius 2 is 2.23 bits per heavy atom. The summed E-state index contributed by atoms with van der Waals surface area (Å²) in [5, 5.41) is 13.7. The topological polar surface area (TPSA) is 104 Å². The lowest BCUT2D eigenvalue weighted by molar-refractivity contribution is 0.0376. The van der Waals surface area contributed by atoms with Crippen LogP contribution in [-0.4, -0.2) is 72.0 Å². The summed E-state index contributed by atoms with van der Waals surface area (Å²) in [6.07, 6.45) is 2.67. The first kappa shape index (κ1) is 18.4. The maximum absolute atomic E-state index is 5.37. The van der Waals surface area contributed by atoms with Crippen molar-refractivity contribution in [2.24, 2.45) is 4.99 Å². The van der Waals surface area contributed by atoms with Crippen LogP contribution < -0.4 is 10.6 Å². The summed E-state index contributed by atoms with van der Waals surface area (Å²) in [6.45, 7) is 8.96. The number of hydrogen-bond donors (Lipinski definition) is 3. The first-order chi connectivity index (χ1) is 12.8. The van der Waals surface area contributed by atoms with Crippen molar-refractivity contribution in [3.8, 4) is 11.6 Å². The molecule has 0 unspecified atom stereocenters. The monoisotopic (exact) mass is 361 g/mol. The molecule has 0 aliphatic carbocycles. The van der Waals surface area contributed by atoms with Crippen molar-refractivity contribution in [3.63, 3.8) is 0 Å². The van der Waals surface area contributed by atoms with E-state index in [1.807, 2.05) is 19.1 Å². The number of nitrogens with one attached hydrogen (secondary N) is 3. The Kier molecular flexibility index (Phi) is 7.03. The van der Waals surface area contributed by atoms with Crippen LogP contribution in [0.15, 0.2) is 27.8 Å². The van der Waals surface area contributed by atoms with Gasteiger partial charge >= 0.3 is 0 Å². The van der Waals surface area contributed by atoms with E-state index < -0.39 is 0 Å². The summed E-state index contributed by atoms with van der Waals surface area (Å²) in [6, 6.07) is 3.64. The lowest BCUT2D eigenvalue weighted by Crippen LogP contribution is -2.40. The van der Waals surface area contributed by atoms with Crippen LogP contribution in [-0.2, 0) is 11.3 Å². The normalized spacial score (nSPS) is 16.0. The Morgan fingerprint density at radius 1 is 1.35 bits per heavy atom. The van der Waals surface area contributed by atoms with Gasteiger partial charge in [-0.2, -0.15) is 0 Å². The first-order valence-corrected chi connectivity index (χ1v) is 9.12. The number of ether oxygens (including phenoxy) is 1. The average Bonchev–Trinajstić information content (AvgIpc) is 3.35. The summed E-state index contributed by atoms with van der Waals surface area (Å²) in [4.78, 5) is 11.4. The van der Waals surface area contributed by atoms with E-state index in [0.29, 0.717) is 24.0 Å². The molecule has 1 aliphatic rings. The van der Waals surface area contributed by atoms with Gasteiger partial charge in [0.15, 0.2) is 11.7 Å². The maximum atomic E-state index is 5.37. The fourth-order valence-corrected chi connectivity index (χ4v) is 2.71. The Hall–Kier alpha value is -2.39. The lowest BCUT2D eigenvalue weighted by atomic mass is 10.3. The van der Waals surface area contributed by atoms with Crippen molar-refractivity contribution in [3.05, 3.63) is 24.2 Å². The van der Waals surface area contributed by atoms with E-state index in [2.05, 4.69) is 35.7 Å². The fraction of sp³-hybridized carbons (Fsp3) is 0.588. The maximum Gasteiger partial charge on any atom is 0.216 e. The van der Waals surface area contributed by atoms with Crippen LogP contribution in [0.2, 0.25) is 0 Å². The molecule has 9 nitrogen and oxygen atoms in total. The average molecular weight is 361 g/mol. The molecular formula is C17H27N7O2. The van der Waals surface area contributed by atoms with Crippen molar-refractivity contribution in [1.29, 1.82) is 0 Å². The van der Waals surface area contributed by atoms with Gasteiger partial charge in [-0.15, -0.1) is 5.10 Å². The zero-order chi connectivity index (χ0) is 18.0. The number of rotatable bonds is 8. The second-order valence-corrected chi connectivity index (χ2v) is 6.01. The third-order valence-corrected chi connectivity index (χ3v) is 4.05. The van der Waals surface area contributed by atoms with Gasteiger partial charge in [-0.1, -0.05) is 0 Å². The molecule has 2 aromatic rings. The van der Waals surface area contributed by atoms with E-state index in [4.69, 9.17) is 9.15 Å². The second kappa shape index (κ2) is 9.93. The highest BCUT2D eigenvalue weighted by Gasteiger charge is 2.10. The quantitative estimate of drug-likeness (QED) is 0.364. The first-order valence-electron chi connectivity index (χ1n) is 9.12. The molecule has 0 amide bonds. The van der Waals surface area contributed by atoms with Crippen molar-refractivity contribution in [2.75, 3.05) is 45.9 Å². The summed E-state index contributed by atoms with van der Waals surface area (Å²) < 4.78 is 10.7. The third kappa shape index (κ3) is 5.57. The van der Waals surface area contributed by atoms with Gasteiger partial charge in [0.25, 0.3) is 0 Å². The molecule has 0 atom stereocenters. The van der Waals surface area contributed by atoms with Crippen LogP contribution in [0.4, 0.5) is 0 Å². The van der Waals surface area contributed by atoms with E-state index in [1.165, 1.54) is 0 Å². The molecule has 3 rings (SSSR count). The lowest BCUT2D eigenvalue weighted by Gasteiger charge is -2.26. The summed E-state index contributed by atoms with van der Waals surface area (Å²) in [7, 11) is 0. The molecule has 26 heavy (non-hydrogen) atoms. The minimum Gasteiger partial charge on any atom is -0.461 e. The number of aromatic nitrogens is 3. The minimum absolute atomic E-state index is 0.423. The van der Waals surface area contributed by atoms with E-state index >= 15 is 0 Å². The van der Waals surface area contributed by atoms with E-state index in [1.54, 1.807) is 6.26 Å². The molecule has 0 bridgehead atoms. The molecular weight excluding hydrogens is 334 g/mol. The van der Waals surface area contributed by atoms with Gasteiger partial charge in [-0.3, -0.25) is 10.00 Å². The molecule has 3 N–H and O–H groups in total. The molecule has 0 saturated carbocycles. The fourth-order valence-electron chi connectivity index (χ4n) is 2.71. The third-order valence-electron chi connectivity index (χ3n) is 4.05. The predicted molar refractivity (Wildman–Crippen MR) is 98.8 cm³/mol. The Morgan fingerprint density at radius 3 is 3.00 bits per heavy atom. The van der Waals surface area contributed by atoms with Crippen molar-refractivity contribution >= 4 is 5.96 Å². The summed E-state index contributed by atoms with van der Waals surface area (Å²) in [5.74, 6) is 2.67. The van der Waals surface area contributed by atoms with Crippen molar-refractivity contribution < 1.29 is 9.15 Å². The van der Waals surface area contributed by atoms with Gasteiger partial charge in [0.1, 0.15) is 12.4 Å². The number of hydrogen-bond acceptors (Lipinski definition) is 6. The SMILES string of the molecule is CCNC(=NCc1nc(-c2ccco2)n[nH]1)NCCCN1CCOCC1. The zero-order valence-corrected chi connectivity index (χ0v) is 15.2. The predicted octanol–water partition coefficient (Wildman–Crippen LogP) is 0.842. The van der Waals surface area contributed by atoms with Crippen LogP contribution in [0.5, 0.6) is 0 Å². The number of aliphatic imine (C=N–C) groups is 1. The van der Waals surface area contributed by atoms with Crippen LogP contribution in [0.1, 0.15) is 19.2 Å². The molecule has 1 aliphatic heterocycles. The Balaban J connectivity index is 1.44. The number of H-pyrrole nitrogens is 1. The highest BCUT2D eigenvalue weighted by atomic mass is 16.5. The number of nitrogens with zero attached hydrogens (tertiary/aromatic N) is 4. The van der Waals surface area contributed by atoms with Gasteiger partial charge in [-0.05, 0) is 32.0 Å². The molecule has 1 saturated heterocycles. The number of guanidine groups is 1. The van der Waals surface area contributed by atoms with Crippen LogP contribution in [0, 0.1) is 0 Å². The number of furan rings is 1. The number of morpholine rings is 1. The summed E-state index contributed by atoms with van der Waals surface area (Å²) in [5.41, 5.74) is 0. The standard InChI is InChI=1S/C17H27N7O2/c1-2-18-17(19-6-4-7-24-8-11-25-12-9-24)20-13-15-21-16(23-22-15)14-5-3-10-26-14/h3,5,10H,2,4,6-9,11-13H2,1H3,(H2,18,19,20)(H,21,22,23). The van der Waals surface area contributed by atoms with Crippen LogP contribution in [0.25, 0.3) is 11.6 Å². The molecule has 3 heterocycles. The van der Waals surface area contributed by atoms with Crippen molar-refractivity contribution in [1.82, 2.24) is 30.7 Å². The van der Waals surface area contributed by atoms with Crippen molar-refractivity contribution in [2.45, 2.75) is 19.9 Å². The molecule has 0 spiro atoms. The van der Waals surface area contributed by atoms with Gasteiger partial charge in [-0.25, -0.2) is 9.98 Å². The van der Waals surface area contributed by atoms with Gasteiger partial charge in [0.2, 0.25) is 5.82 Å². The van der Waals surface area contributed by atoms with Gasteiger partial charge < -0.3 is 19.8 Å². The van der Waals surface area contributed by atoms with Gasteiger partial charge in [0, 0.05) is 26.2 Å². The van der Waals surface area contributed by atoms with E-state index in [9.17, 15) is 0 Å².